The number of para-hydroxylation sites is 2. The number of hydrogen-bond donors (Lipinski definition) is 2. The number of aryl methyl sites for hydroxylation is 1. The maximum Gasteiger partial charge on any atom is 0.419 e. The first kappa shape index (κ1) is 16.9. The van der Waals surface area contributed by atoms with E-state index in [1.165, 1.54) is 4.57 Å². The molecule has 0 spiro atoms. The molecular formula is C19H18N4O4. The average Bonchev–Trinajstić information content (AvgIpc) is 3.23. The van der Waals surface area contributed by atoms with E-state index in [9.17, 15) is 14.4 Å². The molecule has 1 aromatic heterocycles. The normalized spacial score (nSPS) is 13.8. The lowest BCUT2D eigenvalue weighted by Crippen LogP contribution is -2.27. The van der Waals surface area contributed by atoms with E-state index in [1.54, 1.807) is 47.4 Å². The number of carbonyl (C=O) groups is 2. The molecule has 0 atom stereocenters. The number of oxazole rings is 1. The van der Waals surface area contributed by atoms with Gasteiger partial charge in [0.05, 0.1) is 5.52 Å². The number of amides is 3. The standard InChI is InChI=1S/C19H18N4O4/c24-17(9-11-23-15-3-1-2-4-16(15)27-19(23)26)21-13-5-7-14(8-6-13)22-12-10-20-18(22)25/h1-8H,9-12H2,(H,20,25)(H,21,24). The Morgan fingerprint density at radius 3 is 2.63 bits per heavy atom. The summed E-state index contributed by atoms with van der Waals surface area (Å²) in [7, 11) is 0. The third kappa shape index (κ3) is 3.41. The van der Waals surface area contributed by atoms with Crippen molar-refractivity contribution in [2.75, 3.05) is 23.3 Å². The molecule has 27 heavy (non-hydrogen) atoms. The number of anilines is 2. The molecule has 8 nitrogen and oxygen atoms in total. The molecule has 0 saturated carbocycles. The van der Waals surface area contributed by atoms with Gasteiger partial charge in [-0.05, 0) is 36.4 Å². The summed E-state index contributed by atoms with van der Waals surface area (Å²) in [5.41, 5.74) is 2.58. The lowest BCUT2D eigenvalue weighted by atomic mass is 10.2. The highest BCUT2D eigenvalue weighted by Crippen LogP contribution is 2.19. The SMILES string of the molecule is O=C(CCn1c(=O)oc2ccccc21)Nc1ccc(N2CCNC2=O)cc1. The van der Waals surface area contributed by atoms with Crippen LogP contribution in [-0.2, 0) is 11.3 Å². The second-order valence-electron chi connectivity index (χ2n) is 6.22. The summed E-state index contributed by atoms with van der Waals surface area (Å²) < 4.78 is 6.61. The monoisotopic (exact) mass is 366 g/mol. The van der Waals surface area contributed by atoms with Gasteiger partial charge in [0.25, 0.3) is 0 Å². The molecule has 2 heterocycles. The molecule has 2 aromatic carbocycles. The molecule has 0 aliphatic carbocycles. The Hall–Kier alpha value is -3.55. The number of nitrogens with zero attached hydrogens (tertiary/aromatic N) is 2. The summed E-state index contributed by atoms with van der Waals surface area (Å²) >= 11 is 0. The van der Waals surface area contributed by atoms with Gasteiger partial charge in [-0.1, -0.05) is 12.1 Å². The maximum atomic E-state index is 12.2. The van der Waals surface area contributed by atoms with Crippen LogP contribution in [0.5, 0.6) is 0 Å². The quantitative estimate of drug-likeness (QED) is 0.723. The highest BCUT2D eigenvalue weighted by Gasteiger charge is 2.20. The van der Waals surface area contributed by atoms with Crippen molar-refractivity contribution in [3.8, 4) is 0 Å². The lowest BCUT2D eigenvalue weighted by Gasteiger charge is -2.14. The van der Waals surface area contributed by atoms with E-state index in [-0.39, 0.29) is 24.9 Å². The fraction of sp³-hybridized carbons (Fsp3) is 0.211. The first-order valence-corrected chi connectivity index (χ1v) is 8.65. The molecule has 2 N–H and O–H groups in total. The number of urea groups is 1. The van der Waals surface area contributed by atoms with E-state index < -0.39 is 5.76 Å². The van der Waals surface area contributed by atoms with Crippen molar-refractivity contribution in [1.82, 2.24) is 9.88 Å². The first-order valence-electron chi connectivity index (χ1n) is 8.65. The van der Waals surface area contributed by atoms with Gasteiger partial charge in [-0.15, -0.1) is 0 Å². The molecule has 3 aromatic rings. The van der Waals surface area contributed by atoms with Crippen LogP contribution in [0.25, 0.3) is 11.1 Å². The van der Waals surface area contributed by atoms with Crippen molar-refractivity contribution in [3.05, 3.63) is 59.1 Å². The highest BCUT2D eigenvalue weighted by atomic mass is 16.4. The minimum absolute atomic E-state index is 0.121. The van der Waals surface area contributed by atoms with Crippen LogP contribution in [0.3, 0.4) is 0 Å². The van der Waals surface area contributed by atoms with Crippen molar-refractivity contribution in [2.24, 2.45) is 0 Å². The highest BCUT2D eigenvalue weighted by molar-refractivity contribution is 5.95. The van der Waals surface area contributed by atoms with Crippen LogP contribution in [0.15, 0.2) is 57.7 Å². The van der Waals surface area contributed by atoms with Gasteiger partial charge < -0.3 is 15.1 Å². The molecule has 0 radical (unpaired) electrons. The van der Waals surface area contributed by atoms with Crippen LogP contribution < -0.4 is 21.3 Å². The maximum absolute atomic E-state index is 12.2. The van der Waals surface area contributed by atoms with E-state index in [1.807, 2.05) is 6.07 Å². The van der Waals surface area contributed by atoms with Crippen molar-refractivity contribution in [2.45, 2.75) is 13.0 Å². The summed E-state index contributed by atoms with van der Waals surface area (Å²) in [5.74, 6) is -0.684. The van der Waals surface area contributed by atoms with Gasteiger partial charge in [-0.25, -0.2) is 9.59 Å². The van der Waals surface area contributed by atoms with Crippen LogP contribution in [0.2, 0.25) is 0 Å². The van der Waals surface area contributed by atoms with Crippen LogP contribution >= 0.6 is 0 Å². The van der Waals surface area contributed by atoms with Gasteiger partial charge in [0.1, 0.15) is 0 Å². The molecule has 1 saturated heterocycles. The van der Waals surface area contributed by atoms with E-state index in [0.29, 0.717) is 29.9 Å². The zero-order chi connectivity index (χ0) is 18.8. The average molecular weight is 366 g/mol. The molecule has 3 amide bonds. The molecule has 1 aliphatic heterocycles. The Morgan fingerprint density at radius 2 is 1.89 bits per heavy atom. The largest absolute Gasteiger partial charge is 0.419 e. The fourth-order valence-electron chi connectivity index (χ4n) is 3.11. The van der Waals surface area contributed by atoms with Gasteiger partial charge in [-0.3, -0.25) is 14.3 Å². The van der Waals surface area contributed by atoms with Crippen LogP contribution in [0, 0.1) is 0 Å². The Kier molecular flexibility index (Phi) is 4.37. The van der Waals surface area contributed by atoms with Gasteiger partial charge in [0.2, 0.25) is 5.91 Å². The minimum atomic E-state index is -0.475. The summed E-state index contributed by atoms with van der Waals surface area (Å²) in [5, 5.41) is 5.54. The smallest absolute Gasteiger partial charge is 0.408 e. The molecule has 1 fully saturated rings. The van der Waals surface area contributed by atoms with E-state index in [0.717, 1.165) is 5.69 Å². The summed E-state index contributed by atoms with van der Waals surface area (Å²) in [6.45, 7) is 1.48. The molecule has 8 heteroatoms. The number of rotatable bonds is 5. The Balaban J connectivity index is 1.38. The van der Waals surface area contributed by atoms with Gasteiger partial charge in [0.15, 0.2) is 5.58 Å². The van der Waals surface area contributed by atoms with Gasteiger partial charge >= 0.3 is 11.8 Å². The number of hydrogen-bond acceptors (Lipinski definition) is 4. The third-order valence-electron chi connectivity index (χ3n) is 4.46. The van der Waals surface area contributed by atoms with Crippen LogP contribution in [0.4, 0.5) is 16.2 Å². The summed E-state index contributed by atoms with van der Waals surface area (Å²) in [4.78, 5) is 37.4. The second-order valence-corrected chi connectivity index (χ2v) is 6.22. The van der Waals surface area contributed by atoms with Crippen LogP contribution in [0.1, 0.15) is 6.42 Å². The van der Waals surface area contributed by atoms with Crippen molar-refractivity contribution in [1.29, 1.82) is 0 Å². The zero-order valence-corrected chi connectivity index (χ0v) is 14.5. The van der Waals surface area contributed by atoms with E-state index >= 15 is 0 Å². The number of carbonyl (C=O) groups excluding carboxylic acids is 2. The number of benzene rings is 2. The fourth-order valence-corrected chi connectivity index (χ4v) is 3.11. The van der Waals surface area contributed by atoms with Crippen molar-refractivity contribution < 1.29 is 14.0 Å². The molecule has 4 rings (SSSR count). The van der Waals surface area contributed by atoms with Crippen LogP contribution in [-0.4, -0.2) is 29.6 Å². The predicted octanol–water partition coefficient (Wildman–Crippen LogP) is 2.15. The summed E-state index contributed by atoms with van der Waals surface area (Å²) in [6.07, 6.45) is 0.139. The number of aromatic nitrogens is 1. The molecule has 0 unspecified atom stereocenters. The molecule has 1 aliphatic rings. The summed E-state index contributed by atoms with van der Waals surface area (Å²) in [6, 6.07) is 14.1. The minimum Gasteiger partial charge on any atom is -0.408 e. The Morgan fingerprint density at radius 1 is 1.11 bits per heavy atom. The Bertz CT molecular complexity index is 1050. The molecule has 138 valence electrons. The number of fused-ring (bicyclic) bond motifs is 1. The van der Waals surface area contributed by atoms with Gasteiger partial charge in [0, 0.05) is 37.4 Å². The first-order chi connectivity index (χ1) is 13.1. The number of nitrogens with one attached hydrogen (secondary N) is 2. The van der Waals surface area contributed by atoms with E-state index in [4.69, 9.17) is 4.42 Å². The lowest BCUT2D eigenvalue weighted by molar-refractivity contribution is -0.116. The third-order valence-corrected chi connectivity index (χ3v) is 4.46. The predicted molar refractivity (Wildman–Crippen MR) is 101 cm³/mol. The van der Waals surface area contributed by atoms with Gasteiger partial charge in [-0.2, -0.15) is 0 Å². The van der Waals surface area contributed by atoms with Crippen molar-refractivity contribution >= 4 is 34.4 Å². The second kappa shape index (κ2) is 6.99. The molecular weight excluding hydrogens is 348 g/mol. The zero-order valence-electron chi connectivity index (χ0n) is 14.5. The Labute approximate surface area is 154 Å². The topological polar surface area (TPSA) is 96.6 Å². The molecule has 0 bridgehead atoms. The van der Waals surface area contributed by atoms with E-state index in [2.05, 4.69) is 10.6 Å². The van der Waals surface area contributed by atoms with Crippen molar-refractivity contribution in [3.63, 3.8) is 0 Å².